The summed E-state index contributed by atoms with van der Waals surface area (Å²) in [5.74, 6) is 1.42. The second-order valence-corrected chi connectivity index (χ2v) is 4.18. The van der Waals surface area contributed by atoms with Crippen molar-refractivity contribution in [2.45, 2.75) is 34.6 Å². The maximum Gasteiger partial charge on any atom is 3.00 e. The van der Waals surface area contributed by atoms with E-state index < -0.39 is 0 Å². The third-order valence-electron chi connectivity index (χ3n) is 1.45. The van der Waals surface area contributed by atoms with Gasteiger partial charge in [0, 0.05) is 0 Å². The SMILES string of the molecule is C[C-](C)C.Cc1[c-]cc(C)[nH]1.[Ru+3].c1cc[cH-]c1. The Morgan fingerprint density at radius 2 is 1.59 bits per heavy atom. The van der Waals surface area contributed by atoms with Crippen LogP contribution < -0.4 is 0 Å². The van der Waals surface area contributed by atoms with Crippen molar-refractivity contribution in [1.29, 1.82) is 0 Å². The van der Waals surface area contributed by atoms with E-state index in [1.54, 1.807) is 0 Å². The molecule has 0 atom stereocenters. The first-order chi connectivity index (χ1) is 7.52. The van der Waals surface area contributed by atoms with E-state index in [4.69, 9.17) is 0 Å². The zero-order valence-corrected chi connectivity index (χ0v) is 13.1. The minimum absolute atomic E-state index is 0. The van der Waals surface area contributed by atoms with Gasteiger partial charge < -0.3 is 10.9 Å². The number of aromatic nitrogens is 1. The summed E-state index contributed by atoms with van der Waals surface area (Å²) in [7, 11) is 0. The van der Waals surface area contributed by atoms with Crippen LogP contribution in [-0.4, -0.2) is 4.98 Å². The van der Waals surface area contributed by atoms with Crippen molar-refractivity contribution in [3.05, 3.63) is 59.8 Å². The predicted octanol–water partition coefficient (Wildman–Crippen LogP) is 4.46. The average molecular weight is 317 g/mol. The van der Waals surface area contributed by atoms with E-state index in [0.717, 1.165) is 5.69 Å². The van der Waals surface area contributed by atoms with Crippen molar-refractivity contribution < 1.29 is 19.5 Å². The molecule has 2 rings (SSSR count). The largest absolute Gasteiger partial charge is 3.00 e. The second-order valence-electron chi connectivity index (χ2n) is 4.18. The maximum absolute atomic E-state index is 3.08. The Morgan fingerprint density at radius 1 is 1.12 bits per heavy atom. The van der Waals surface area contributed by atoms with E-state index >= 15 is 0 Å². The third kappa shape index (κ3) is 15.3. The van der Waals surface area contributed by atoms with E-state index in [-0.39, 0.29) is 19.5 Å². The molecule has 0 amide bonds. The molecular weight excluding hydrogens is 295 g/mol. The van der Waals surface area contributed by atoms with Crippen LogP contribution in [0.15, 0.2) is 36.4 Å². The van der Waals surface area contributed by atoms with E-state index in [1.165, 1.54) is 11.6 Å². The van der Waals surface area contributed by atoms with E-state index in [1.807, 2.05) is 50.2 Å². The predicted molar refractivity (Wildman–Crippen MR) is 71.4 cm³/mol. The van der Waals surface area contributed by atoms with Gasteiger partial charge in [-0.1, -0.05) is 12.6 Å². The zero-order chi connectivity index (χ0) is 12.4. The van der Waals surface area contributed by atoms with Crippen LogP contribution >= 0.6 is 0 Å². The van der Waals surface area contributed by atoms with Crippen LogP contribution in [0.2, 0.25) is 0 Å². The fraction of sp³-hybridized carbons (Fsp3) is 0.333. The fourth-order valence-electron chi connectivity index (χ4n) is 0.905. The van der Waals surface area contributed by atoms with Gasteiger partial charge in [-0.2, -0.15) is 39.0 Å². The standard InChI is InChI=1S/C6H8N.C5H5.C4H9.Ru/c1-5-3-4-6(2)7-5;1-2-4-5-3-1;1-4(2)3;/h3,7H,1-2H3;1-5H;1-3H3;/q3*-1;+3. The molecular formula is C15H22NRu. The molecule has 0 aliphatic heterocycles. The summed E-state index contributed by atoms with van der Waals surface area (Å²) in [5, 5.41) is 0. The second kappa shape index (κ2) is 11.7. The summed E-state index contributed by atoms with van der Waals surface area (Å²) >= 11 is 0. The van der Waals surface area contributed by atoms with Gasteiger partial charge in [-0.05, 0) is 6.92 Å². The first-order valence-electron chi connectivity index (χ1n) is 5.49. The molecule has 0 aliphatic carbocycles. The Balaban J connectivity index is 0. The third-order valence-corrected chi connectivity index (χ3v) is 1.45. The summed E-state index contributed by atoms with van der Waals surface area (Å²) in [5.41, 5.74) is 2.29. The van der Waals surface area contributed by atoms with Gasteiger partial charge in [0.15, 0.2) is 0 Å². The molecule has 1 aromatic carbocycles. The quantitative estimate of drug-likeness (QED) is 0.545. The van der Waals surface area contributed by atoms with E-state index in [9.17, 15) is 0 Å². The number of nitrogens with one attached hydrogen (secondary N) is 1. The summed E-state index contributed by atoms with van der Waals surface area (Å²) in [4.78, 5) is 3.08. The first-order valence-corrected chi connectivity index (χ1v) is 5.49. The molecule has 0 saturated heterocycles. The Labute approximate surface area is 119 Å². The van der Waals surface area contributed by atoms with Gasteiger partial charge in [-0.3, -0.25) is 0 Å². The van der Waals surface area contributed by atoms with Crippen LogP contribution in [-0.2, 0) is 19.5 Å². The van der Waals surface area contributed by atoms with Gasteiger partial charge in [0.25, 0.3) is 0 Å². The summed E-state index contributed by atoms with van der Waals surface area (Å²) in [6, 6.07) is 15.0. The molecule has 95 valence electrons. The molecule has 17 heavy (non-hydrogen) atoms. The Bertz CT molecular complexity index is 297. The molecule has 2 aromatic rings. The summed E-state index contributed by atoms with van der Waals surface area (Å²) in [6.45, 7) is 10.3. The molecule has 1 nitrogen and oxygen atoms in total. The number of H-pyrrole nitrogens is 1. The number of hydrogen-bond acceptors (Lipinski definition) is 0. The zero-order valence-electron chi connectivity index (χ0n) is 11.3. The number of aromatic amines is 1. The normalized spacial score (nSPS) is 8.35. The molecule has 0 bridgehead atoms. The molecule has 1 N–H and O–H groups in total. The molecule has 1 aromatic heterocycles. The van der Waals surface area contributed by atoms with Gasteiger partial charge in [0.2, 0.25) is 0 Å². The maximum atomic E-state index is 3.08. The fourth-order valence-corrected chi connectivity index (χ4v) is 0.905. The molecule has 1 radical (unpaired) electrons. The molecule has 0 unspecified atom stereocenters. The Kier molecular flexibility index (Phi) is 12.8. The van der Waals surface area contributed by atoms with E-state index in [0.29, 0.717) is 0 Å². The Morgan fingerprint density at radius 3 is 1.71 bits per heavy atom. The van der Waals surface area contributed by atoms with Crippen LogP contribution in [0.4, 0.5) is 0 Å². The summed E-state index contributed by atoms with van der Waals surface area (Å²) in [6.07, 6.45) is 0. The van der Waals surface area contributed by atoms with Crippen molar-refractivity contribution >= 4 is 0 Å². The van der Waals surface area contributed by atoms with Crippen molar-refractivity contribution in [3.8, 4) is 0 Å². The van der Waals surface area contributed by atoms with Crippen molar-refractivity contribution in [1.82, 2.24) is 4.98 Å². The van der Waals surface area contributed by atoms with Crippen molar-refractivity contribution in [2.75, 3.05) is 0 Å². The van der Waals surface area contributed by atoms with Gasteiger partial charge in [0.05, 0.1) is 0 Å². The first kappa shape index (κ1) is 18.6. The van der Waals surface area contributed by atoms with Crippen molar-refractivity contribution in [2.24, 2.45) is 0 Å². The molecule has 0 saturated carbocycles. The van der Waals surface area contributed by atoms with Gasteiger partial charge in [-0.15, -0.1) is 5.69 Å². The smallest absolute Gasteiger partial charge is 0.456 e. The molecule has 1 heterocycles. The molecule has 0 fully saturated rings. The summed E-state index contributed by atoms with van der Waals surface area (Å²) < 4.78 is 0. The number of rotatable bonds is 0. The average Bonchev–Trinajstić information content (AvgIpc) is 2.78. The van der Waals surface area contributed by atoms with Crippen LogP contribution in [0.1, 0.15) is 32.2 Å². The van der Waals surface area contributed by atoms with Gasteiger partial charge >= 0.3 is 19.5 Å². The van der Waals surface area contributed by atoms with Crippen LogP contribution in [0.5, 0.6) is 0 Å². The van der Waals surface area contributed by atoms with Crippen LogP contribution in [0.3, 0.4) is 0 Å². The number of hydrogen-bond donors (Lipinski definition) is 1. The molecule has 0 spiro atoms. The minimum Gasteiger partial charge on any atom is -0.456 e. The van der Waals surface area contributed by atoms with Gasteiger partial charge in [0.1, 0.15) is 0 Å². The number of aryl methyl sites for hydroxylation is 2. The molecule has 0 aliphatic rings. The van der Waals surface area contributed by atoms with Crippen molar-refractivity contribution in [3.63, 3.8) is 0 Å². The Hall–Kier alpha value is -0.747. The van der Waals surface area contributed by atoms with Gasteiger partial charge in [-0.25, -0.2) is 24.3 Å². The van der Waals surface area contributed by atoms with E-state index in [2.05, 4.69) is 31.8 Å². The minimum atomic E-state index is 0. The van der Waals surface area contributed by atoms with Crippen LogP contribution in [0, 0.1) is 25.8 Å². The topological polar surface area (TPSA) is 15.8 Å². The monoisotopic (exact) mass is 318 g/mol. The molecule has 2 heteroatoms. The van der Waals surface area contributed by atoms with Crippen LogP contribution in [0.25, 0.3) is 0 Å².